The zero-order valence-electron chi connectivity index (χ0n) is 14.8. The molecule has 1 aliphatic heterocycles. The van der Waals surface area contributed by atoms with Crippen LogP contribution in [0.15, 0.2) is 48.5 Å². The second-order valence-corrected chi connectivity index (χ2v) is 7.91. The Kier molecular flexibility index (Phi) is 4.72. The number of anilines is 2. The van der Waals surface area contributed by atoms with Crippen LogP contribution in [0.1, 0.15) is 36.3 Å². The fourth-order valence-corrected chi connectivity index (χ4v) is 4.40. The van der Waals surface area contributed by atoms with Gasteiger partial charge in [0.05, 0.1) is 5.75 Å². The second kappa shape index (κ2) is 7.16. The standard InChI is InChI=1S/C21H22N2O2S/c1-2-14-5-3-8-18(11-14)23-19(24)13-26-21(23)16-6-4-7-17(12-16)22-20(25)15-9-10-15/h3-8,11-12,15,21H,2,9-10,13H2,1H3,(H,22,25). The van der Waals surface area contributed by atoms with Crippen LogP contribution in [-0.4, -0.2) is 17.6 Å². The molecule has 4 nitrogen and oxygen atoms in total. The number of rotatable bonds is 5. The average Bonchev–Trinajstić information content (AvgIpc) is 3.44. The Morgan fingerprint density at radius 3 is 2.77 bits per heavy atom. The van der Waals surface area contributed by atoms with Gasteiger partial charge in [-0.25, -0.2) is 0 Å². The van der Waals surface area contributed by atoms with Gasteiger partial charge in [-0.3, -0.25) is 14.5 Å². The minimum Gasteiger partial charge on any atom is -0.326 e. The highest BCUT2D eigenvalue weighted by atomic mass is 32.2. The highest BCUT2D eigenvalue weighted by Gasteiger charge is 2.34. The van der Waals surface area contributed by atoms with Crippen LogP contribution < -0.4 is 10.2 Å². The largest absolute Gasteiger partial charge is 0.326 e. The minimum atomic E-state index is -0.0626. The molecule has 1 unspecified atom stereocenters. The van der Waals surface area contributed by atoms with E-state index in [1.807, 2.05) is 41.3 Å². The molecule has 0 bridgehead atoms. The topological polar surface area (TPSA) is 49.4 Å². The highest BCUT2D eigenvalue weighted by molar-refractivity contribution is 8.00. The van der Waals surface area contributed by atoms with Gasteiger partial charge in [0.1, 0.15) is 5.37 Å². The Morgan fingerprint density at radius 1 is 1.19 bits per heavy atom. The number of carbonyl (C=O) groups excluding carboxylic acids is 2. The van der Waals surface area contributed by atoms with Crippen LogP contribution in [0.2, 0.25) is 0 Å². The van der Waals surface area contributed by atoms with Crippen LogP contribution in [0.25, 0.3) is 0 Å². The van der Waals surface area contributed by atoms with Crippen molar-refractivity contribution in [2.45, 2.75) is 31.6 Å². The number of benzene rings is 2. The van der Waals surface area contributed by atoms with Crippen molar-refractivity contribution in [2.24, 2.45) is 5.92 Å². The molecule has 4 rings (SSSR count). The van der Waals surface area contributed by atoms with Crippen molar-refractivity contribution >= 4 is 35.0 Å². The van der Waals surface area contributed by atoms with Gasteiger partial charge < -0.3 is 5.32 Å². The van der Waals surface area contributed by atoms with Gasteiger partial charge in [0.15, 0.2) is 0 Å². The third kappa shape index (κ3) is 3.49. The first-order chi connectivity index (χ1) is 12.7. The van der Waals surface area contributed by atoms with Crippen LogP contribution in [0.5, 0.6) is 0 Å². The van der Waals surface area contributed by atoms with Crippen LogP contribution in [0.3, 0.4) is 0 Å². The lowest BCUT2D eigenvalue weighted by Gasteiger charge is -2.25. The maximum absolute atomic E-state index is 12.6. The van der Waals surface area contributed by atoms with Gasteiger partial charge in [-0.05, 0) is 54.7 Å². The van der Waals surface area contributed by atoms with Gasteiger partial charge in [0, 0.05) is 17.3 Å². The molecule has 2 aliphatic rings. The van der Waals surface area contributed by atoms with Gasteiger partial charge in [0.25, 0.3) is 0 Å². The highest BCUT2D eigenvalue weighted by Crippen LogP contribution is 2.42. The second-order valence-electron chi connectivity index (χ2n) is 6.84. The van der Waals surface area contributed by atoms with Crippen molar-refractivity contribution in [3.05, 3.63) is 59.7 Å². The van der Waals surface area contributed by atoms with Crippen LogP contribution in [0, 0.1) is 5.92 Å². The molecular weight excluding hydrogens is 344 g/mol. The summed E-state index contributed by atoms with van der Waals surface area (Å²) in [5, 5.41) is 2.94. The van der Waals surface area contributed by atoms with E-state index in [9.17, 15) is 9.59 Å². The molecule has 1 heterocycles. The van der Waals surface area contributed by atoms with Crippen LogP contribution >= 0.6 is 11.8 Å². The Labute approximate surface area is 158 Å². The molecule has 1 aliphatic carbocycles. The van der Waals surface area contributed by atoms with Crippen LogP contribution in [-0.2, 0) is 16.0 Å². The fraction of sp³-hybridized carbons (Fsp3) is 0.333. The van der Waals surface area contributed by atoms with Crippen molar-refractivity contribution in [3.63, 3.8) is 0 Å². The maximum atomic E-state index is 12.6. The van der Waals surface area contributed by atoms with Gasteiger partial charge >= 0.3 is 0 Å². The van der Waals surface area contributed by atoms with E-state index in [0.29, 0.717) is 5.75 Å². The number of nitrogens with zero attached hydrogens (tertiary/aromatic N) is 1. The Balaban J connectivity index is 1.61. The predicted octanol–water partition coefficient (Wildman–Crippen LogP) is 4.38. The first kappa shape index (κ1) is 17.2. The summed E-state index contributed by atoms with van der Waals surface area (Å²) in [5.41, 5.74) is 4.01. The smallest absolute Gasteiger partial charge is 0.238 e. The van der Waals surface area contributed by atoms with Crippen molar-refractivity contribution in [1.82, 2.24) is 0 Å². The molecule has 2 aromatic carbocycles. The molecule has 1 N–H and O–H groups in total. The first-order valence-corrected chi connectivity index (χ1v) is 10.1. The number of thioether (sulfide) groups is 1. The summed E-state index contributed by atoms with van der Waals surface area (Å²) in [7, 11) is 0. The average molecular weight is 366 g/mol. The van der Waals surface area contributed by atoms with E-state index in [-0.39, 0.29) is 23.1 Å². The van der Waals surface area contributed by atoms with E-state index in [1.165, 1.54) is 5.56 Å². The Morgan fingerprint density at radius 2 is 2.00 bits per heavy atom. The lowest BCUT2D eigenvalue weighted by Crippen LogP contribution is -2.28. The molecular formula is C21H22N2O2S. The summed E-state index contributed by atoms with van der Waals surface area (Å²) in [4.78, 5) is 26.5. The molecule has 2 amide bonds. The van der Waals surface area contributed by atoms with E-state index in [2.05, 4.69) is 24.4 Å². The molecule has 2 aromatic rings. The van der Waals surface area contributed by atoms with E-state index < -0.39 is 0 Å². The van der Waals surface area contributed by atoms with Crippen molar-refractivity contribution in [2.75, 3.05) is 16.0 Å². The molecule has 0 radical (unpaired) electrons. The van der Waals surface area contributed by atoms with Gasteiger partial charge in [-0.2, -0.15) is 0 Å². The van der Waals surface area contributed by atoms with E-state index in [4.69, 9.17) is 0 Å². The maximum Gasteiger partial charge on any atom is 0.238 e. The lowest BCUT2D eigenvalue weighted by molar-refractivity contribution is -0.117. The van der Waals surface area contributed by atoms with Gasteiger partial charge in [0.2, 0.25) is 11.8 Å². The van der Waals surface area contributed by atoms with Crippen molar-refractivity contribution in [1.29, 1.82) is 0 Å². The van der Waals surface area contributed by atoms with E-state index >= 15 is 0 Å². The number of aryl methyl sites for hydroxylation is 1. The monoisotopic (exact) mass is 366 g/mol. The van der Waals surface area contributed by atoms with Gasteiger partial charge in [-0.1, -0.05) is 31.2 Å². The number of hydrogen-bond acceptors (Lipinski definition) is 3. The minimum absolute atomic E-state index is 0.0626. The molecule has 134 valence electrons. The summed E-state index contributed by atoms with van der Waals surface area (Å²) >= 11 is 1.63. The van der Waals surface area contributed by atoms with Crippen molar-refractivity contribution < 1.29 is 9.59 Å². The number of amides is 2. The zero-order chi connectivity index (χ0) is 18.1. The molecule has 0 spiro atoms. The summed E-state index contributed by atoms with van der Waals surface area (Å²) in [5.74, 6) is 0.875. The predicted molar refractivity (Wildman–Crippen MR) is 106 cm³/mol. The SMILES string of the molecule is CCc1cccc(N2C(=O)CSC2c2cccc(NC(=O)C3CC3)c2)c1. The van der Waals surface area contributed by atoms with E-state index in [0.717, 1.165) is 36.2 Å². The molecule has 1 saturated heterocycles. The van der Waals surface area contributed by atoms with Gasteiger partial charge in [-0.15, -0.1) is 11.8 Å². The van der Waals surface area contributed by atoms with Crippen molar-refractivity contribution in [3.8, 4) is 0 Å². The molecule has 5 heteroatoms. The van der Waals surface area contributed by atoms with Crippen LogP contribution in [0.4, 0.5) is 11.4 Å². The summed E-state index contributed by atoms with van der Waals surface area (Å²) in [6.07, 6.45) is 2.91. The molecule has 2 fully saturated rings. The Hall–Kier alpha value is -2.27. The third-order valence-electron chi connectivity index (χ3n) is 4.85. The summed E-state index contributed by atoms with van der Waals surface area (Å²) < 4.78 is 0. The number of carbonyl (C=O) groups is 2. The zero-order valence-corrected chi connectivity index (χ0v) is 15.6. The quantitative estimate of drug-likeness (QED) is 0.854. The fourth-order valence-electron chi connectivity index (χ4n) is 3.24. The molecule has 0 aromatic heterocycles. The summed E-state index contributed by atoms with van der Waals surface area (Å²) in [6, 6.07) is 16.1. The number of hydrogen-bond donors (Lipinski definition) is 1. The molecule has 26 heavy (non-hydrogen) atoms. The third-order valence-corrected chi connectivity index (χ3v) is 6.06. The van der Waals surface area contributed by atoms with E-state index in [1.54, 1.807) is 11.8 Å². The molecule has 1 saturated carbocycles. The molecule has 1 atom stereocenters. The lowest BCUT2D eigenvalue weighted by atomic mass is 10.1. The number of nitrogens with one attached hydrogen (secondary N) is 1. The first-order valence-electron chi connectivity index (χ1n) is 9.09. The Bertz CT molecular complexity index is 847. The summed E-state index contributed by atoms with van der Waals surface area (Å²) in [6.45, 7) is 2.11. The normalized spacial score (nSPS) is 19.7.